The molecule has 0 aromatic carbocycles. The highest BCUT2D eigenvalue weighted by Gasteiger charge is 2.62. The van der Waals surface area contributed by atoms with Crippen molar-refractivity contribution >= 4 is 23.9 Å². The molecule has 0 radical (unpaired) electrons. The van der Waals surface area contributed by atoms with Crippen LogP contribution in [-0.2, 0) is 42.9 Å². The van der Waals surface area contributed by atoms with E-state index < -0.39 is 61.2 Å². The summed E-state index contributed by atoms with van der Waals surface area (Å²) >= 11 is 0. The topological polar surface area (TPSA) is 135 Å². The third-order valence-corrected chi connectivity index (χ3v) is 3.02. The lowest BCUT2D eigenvalue weighted by Gasteiger charge is -2.32. The third-order valence-electron chi connectivity index (χ3n) is 3.02. The normalized spacial score (nSPS) is 28.8. The van der Waals surface area contributed by atoms with Gasteiger partial charge in [0.05, 0.1) is 6.61 Å². The Balaban J connectivity index is 3.27. The minimum absolute atomic E-state index is 0.617. The molecule has 1 heterocycles. The van der Waals surface area contributed by atoms with Gasteiger partial charge in [-0.25, -0.2) is 0 Å². The quantitative estimate of drug-likeness (QED) is 0.473. The van der Waals surface area contributed by atoms with Crippen molar-refractivity contribution in [3.63, 3.8) is 0 Å². The molecule has 10 heteroatoms. The lowest BCUT2D eigenvalue weighted by molar-refractivity contribution is -0.269. The maximum Gasteiger partial charge on any atom is 0.305 e. The maximum atomic E-state index is 11.5. The molecule has 10 nitrogen and oxygen atoms in total. The molecule has 24 heavy (non-hydrogen) atoms. The highest BCUT2D eigenvalue weighted by molar-refractivity contribution is 5.69. The van der Waals surface area contributed by atoms with Crippen molar-refractivity contribution in [3.05, 3.63) is 0 Å². The second-order valence-corrected chi connectivity index (χ2v) is 5.13. The van der Waals surface area contributed by atoms with E-state index >= 15 is 0 Å². The van der Waals surface area contributed by atoms with Crippen LogP contribution >= 0.6 is 0 Å². The van der Waals surface area contributed by atoms with Gasteiger partial charge in [0.1, 0.15) is 6.10 Å². The number of carbonyl (C=O) groups is 4. The largest absolute Gasteiger partial charge is 0.459 e. The van der Waals surface area contributed by atoms with Gasteiger partial charge in [0.15, 0.2) is 12.7 Å². The molecule has 136 valence electrons. The fourth-order valence-corrected chi connectivity index (χ4v) is 2.31. The second-order valence-electron chi connectivity index (χ2n) is 5.13. The van der Waals surface area contributed by atoms with Gasteiger partial charge in [-0.05, 0) is 0 Å². The van der Waals surface area contributed by atoms with Crippen molar-refractivity contribution in [1.29, 1.82) is 0 Å². The molecular weight excluding hydrogens is 328 g/mol. The Labute approximate surface area is 137 Å². The Morgan fingerprint density at radius 2 is 1.54 bits per heavy atom. The predicted octanol–water partition coefficient (Wildman–Crippen LogP) is -0.937. The molecule has 0 aromatic heterocycles. The summed E-state index contributed by atoms with van der Waals surface area (Å²) < 4.78 is 25.5. The highest BCUT2D eigenvalue weighted by atomic mass is 16.8. The van der Waals surface area contributed by atoms with Crippen LogP contribution in [0.1, 0.15) is 27.7 Å². The number of aliphatic hydroxyl groups excluding tert-OH is 1. The van der Waals surface area contributed by atoms with Gasteiger partial charge in [-0.15, -0.1) is 0 Å². The molecule has 1 fully saturated rings. The van der Waals surface area contributed by atoms with Gasteiger partial charge in [0.2, 0.25) is 6.10 Å². The number of rotatable bonds is 6. The minimum Gasteiger partial charge on any atom is -0.459 e. The van der Waals surface area contributed by atoms with Crippen LogP contribution in [0, 0.1) is 0 Å². The molecule has 1 aliphatic rings. The van der Waals surface area contributed by atoms with Crippen LogP contribution in [0.5, 0.6) is 0 Å². The summed E-state index contributed by atoms with van der Waals surface area (Å²) in [5.41, 5.74) is 0. The molecule has 1 aliphatic heterocycles. The average molecular weight is 348 g/mol. The van der Waals surface area contributed by atoms with Gasteiger partial charge in [-0.2, -0.15) is 0 Å². The van der Waals surface area contributed by atoms with E-state index in [2.05, 4.69) is 0 Å². The molecular formula is C14H20O10. The number of carbonyl (C=O) groups excluding carboxylic acids is 4. The smallest absolute Gasteiger partial charge is 0.305 e. The Morgan fingerprint density at radius 1 is 0.958 bits per heavy atom. The van der Waals surface area contributed by atoms with Gasteiger partial charge in [0.25, 0.3) is 5.79 Å². The lowest BCUT2D eigenvalue weighted by atomic mass is 10.0. The summed E-state index contributed by atoms with van der Waals surface area (Å²) in [4.78, 5) is 45.3. The van der Waals surface area contributed by atoms with E-state index in [0.29, 0.717) is 0 Å². The van der Waals surface area contributed by atoms with Crippen molar-refractivity contribution in [1.82, 2.24) is 0 Å². The Kier molecular flexibility index (Phi) is 6.67. The van der Waals surface area contributed by atoms with Gasteiger partial charge < -0.3 is 28.8 Å². The Morgan fingerprint density at radius 3 is 1.96 bits per heavy atom. The molecule has 0 spiro atoms. The second kappa shape index (κ2) is 8.06. The fourth-order valence-electron chi connectivity index (χ4n) is 2.31. The lowest BCUT2D eigenvalue weighted by Crippen LogP contribution is -2.53. The first-order chi connectivity index (χ1) is 11.1. The van der Waals surface area contributed by atoms with Gasteiger partial charge >= 0.3 is 23.9 Å². The van der Waals surface area contributed by atoms with E-state index in [9.17, 15) is 24.3 Å². The molecule has 0 amide bonds. The van der Waals surface area contributed by atoms with E-state index in [1.54, 1.807) is 0 Å². The van der Waals surface area contributed by atoms with E-state index in [0.717, 1.165) is 27.7 Å². The highest BCUT2D eigenvalue weighted by Crippen LogP contribution is 2.37. The van der Waals surface area contributed by atoms with Crippen LogP contribution in [0.2, 0.25) is 0 Å². The molecule has 1 rings (SSSR count). The van der Waals surface area contributed by atoms with Crippen LogP contribution in [0.4, 0.5) is 0 Å². The molecule has 0 saturated carbocycles. The van der Waals surface area contributed by atoms with Crippen LogP contribution in [0.3, 0.4) is 0 Å². The average Bonchev–Trinajstić information content (AvgIpc) is 2.70. The number of hydrogen-bond donors (Lipinski definition) is 1. The number of hydrogen-bond acceptors (Lipinski definition) is 10. The first-order valence-corrected chi connectivity index (χ1v) is 7.07. The third kappa shape index (κ3) is 4.90. The number of ether oxygens (including phenoxy) is 5. The summed E-state index contributed by atoms with van der Waals surface area (Å²) in [5.74, 6) is -5.08. The van der Waals surface area contributed by atoms with Crippen molar-refractivity contribution in [3.8, 4) is 0 Å². The summed E-state index contributed by atoms with van der Waals surface area (Å²) in [6.07, 6.45) is -3.85. The fraction of sp³-hybridized carbons (Fsp3) is 0.714. The number of aliphatic hydroxyl groups is 1. The first-order valence-electron chi connectivity index (χ1n) is 7.07. The van der Waals surface area contributed by atoms with Crippen LogP contribution in [0.15, 0.2) is 0 Å². The molecule has 0 aliphatic carbocycles. The Bertz CT molecular complexity index is 516. The van der Waals surface area contributed by atoms with Crippen LogP contribution < -0.4 is 0 Å². The monoisotopic (exact) mass is 348 g/mol. The van der Waals surface area contributed by atoms with Crippen LogP contribution in [0.25, 0.3) is 0 Å². The molecule has 0 aromatic rings. The van der Waals surface area contributed by atoms with E-state index in [1.165, 1.54) is 0 Å². The zero-order chi connectivity index (χ0) is 18.5. The number of esters is 4. The summed E-state index contributed by atoms with van der Waals surface area (Å²) in [6.45, 7) is 3.13. The molecule has 0 bridgehead atoms. The van der Waals surface area contributed by atoms with E-state index in [4.69, 9.17) is 23.7 Å². The maximum absolute atomic E-state index is 11.5. The predicted molar refractivity (Wildman–Crippen MR) is 74.2 cm³/mol. The molecule has 0 unspecified atom stereocenters. The Hall–Kier alpha value is -2.20. The van der Waals surface area contributed by atoms with Gasteiger partial charge in [-0.3, -0.25) is 19.2 Å². The molecule has 1 N–H and O–H groups in total. The standard InChI is InChI=1S/C14H20O10/c1-7(16)20-6-14(23-10(4)19)13(22-9(3)18)12(21-8(2)17)11(5-15)24-14/h11-13,15H,5-6H2,1-4H3/t11-,12-,13+,14+/m1/s1. The SMILES string of the molecule is CC(=O)OC[C@]1(OC(C)=O)O[C@H](CO)[C@@H](OC(C)=O)[C@@H]1OC(C)=O. The molecule has 4 atom stereocenters. The zero-order valence-corrected chi connectivity index (χ0v) is 13.8. The summed E-state index contributed by atoms with van der Waals surface area (Å²) in [5, 5.41) is 9.44. The van der Waals surface area contributed by atoms with Gasteiger partial charge in [0, 0.05) is 27.7 Å². The van der Waals surface area contributed by atoms with Crippen molar-refractivity contribution in [2.24, 2.45) is 0 Å². The van der Waals surface area contributed by atoms with Crippen LogP contribution in [-0.4, -0.2) is 66.3 Å². The van der Waals surface area contributed by atoms with Crippen molar-refractivity contribution < 1.29 is 48.0 Å². The molecule has 1 saturated heterocycles. The van der Waals surface area contributed by atoms with E-state index in [-0.39, 0.29) is 0 Å². The first kappa shape index (κ1) is 19.8. The summed E-state index contributed by atoms with van der Waals surface area (Å²) in [6, 6.07) is 0. The zero-order valence-electron chi connectivity index (χ0n) is 13.8. The minimum atomic E-state index is -2.04. The van der Waals surface area contributed by atoms with E-state index in [1.807, 2.05) is 0 Å². The summed E-state index contributed by atoms with van der Waals surface area (Å²) in [7, 11) is 0. The van der Waals surface area contributed by atoms with Gasteiger partial charge in [-0.1, -0.05) is 0 Å². The van der Waals surface area contributed by atoms with Crippen molar-refractivity contribution in [2.45, 2.75) is 51.8 Å². The van der Waals surface area contributed by atoms with Crippen molar-refractivity contribution in [2.75, 3.05) is 13.2 Å².